The van der Waals surface area contributed by atoms with Gasteiger partial charge in [0.25, 0.3) is 5.91 Å². The van der Waals surface area contributed by atoms with E-state index in [2.05, 4.69) is 32.5 Å². The van der Waals surface area contributed by atoms with Crippen molar-refractivity contribution in [2.24, 2.45) is 4.99 Å². The summed E-state index contributed by atoms with van der Waals surface area (Å²) < 4.78 is 64.5. The van der Waals surface area contributed by atoms with Gasteiger partial charge in [-0.15, -0.1) is 0 Å². The van der Waals surface area contributed by atoms with Crippen LogP contribution in [0.3, 0.4) is 0 Å². The Labute approximate surface area is 181 Å². The lowest BCUT2D eigenvalue weighted by Crippen LogP contribution is -2.45. The van der Waals surface area contributed by atoms with E-state index in [1.54, 1.807) is 0 Å². The number of anilines is 1. The summed E-state index contributed by atoms with van der Waals surface area (Å²) in [6, 6.07) is 7.67. The fourth-order valence-electron chi connectivity index (χ4n) is 2.52. The molecule has 0 saturated carbocycles. The molecule has 162 valence electrons. The molecular formula is C19H14F3N3O4S2. The Morgan fingerprint density at radius 2 is 1.97 bits per heavy atom. The van der Waals surface area contributed by atoms with E-state index >= 15 is 0 Å². The van der Waals surface area contributed by atoms with Gasteiger partial charge in [-0.2, -0.15) is 18.2 Å². The molecule has 7 nitrogen and oxygen atoms in total. The number of hydrogen-bond donors (Lipinski definition) is 2. The Kier molecular flexibility index (Phi) is 6.98. The maximum absolute atomic E-state index is 13.1. The molecule has 0 aliphatic carbocycles. The summed E-state index contributed by atoms with van der Waals surface area (Å²) >= 11 is 4.46. The molecule has 12 heteroatoms. The number of nitrogens with one attached hydrogen (secondary N) is 1. The van der Waals surface area contributed by atoms with E-state index < -0.39 is 44.5 Å². The number of benzene rings is 2. The Bertz CT molecular complexity index is 1210. The average Bonchev–Trinajstić information content (AvgIpc) is 2.67. The molecule has 0 heterocycles. The molecule has 1 atom stereocenters. The molecule has 2 rings (SSSR count). The van der Waals surface area contributed by atoms with E-state index in [1.165, 1.54) is 24.3 Å². The predicted molar refractivity (Wildman–Crippen MR) is 110 cm³/mol. The standard InChI is InChI=1S/C19H14F3N3O4S2/c1-18(27,10-31(28,29)14-5-3-4-12(8-14)24-11-30)17(26)25-13-6-7-16(23-2)15(9-13)19(20,21)22/h3-9,27H,10H2,1H3,(H,25,26). The molecule has 0 saturated heterocycles. The number of isothiocyanates is 1. The average molecular weight is 469 g/mol. The molecule has 0 aromatic heterocycles. The van der Waals surface area contributed by atoms with Crippen molar-refractivity contribution in [2.45, 2.75) is 23.6 Å². The summed E-state index contributed by atoms with van der Waals surface area (Å²) in [6.45, 7) is 7.73. The smallest absolute Gasteiger partial charge is 0.379 e. The van der Waals surface area contributed by atoms with Crippen LogP contribution >= 0.6 is 12.2 Å². The Morgan fingerprint density at radius 1 is 1.29 bits per heavy atom. The van der Waals surface area contributed by atoms with Crippen LogP contribution in [0.15, 0.2) is 52.4 Å². The summed E-state index contributed by atoms with van der Waals surface area (Å²) in [6.07, 6.45) is -4.84. The third-order valence-electron chi connectivity index (χ3n) is 3.99. The first-order valence-corrected chi connectivity index (χ1v) is 10.4. The van der Waals surface area contributed by atoms with Crippen LogP contribution in [0.4, 0.5) is 30.2 Å². The quantitative estimate of drug-likeness (QED) is 0.376. The maximum Gasteiger partial charge on any atom is 0.407 e. The molecule has 0 aliphatic rings. The molecule has 0 bridgehead atoms. The number of sulfone groups is 1. The van der Waals surface area contributed by atoms with Crippen molar-refractivity contribution in [3.05, 3.63) is 59.4 Å². The van der Waals surface area contributed by atoms with Gasteiger partial charge in [0.15, 0.2) is 21.1 Å². The molecule has 0 spiro atoms. The number of halogens is 3. The van der Waals surface area contributed by atoms with Crippen molar-refractivity contribution in [3.63, 3.8) is 0 Å². The van der Waals surface area contributed by atoms with Crippen LogP contribution in [-0.4, -0.2) is 35.9 Å². The number of amides is 1. The second-order valence-electron chi connectivity index (χ2n) is 6.53. The Balaban J connectivity index is 2.28. The molecule has 2 aromatic rings. The second kappa shape index (κ2) is 8.95. The molecule has 2 N–H and O–H groups in total. The number of nitrogens with zero attached hydrogens (tertiary/aromatic N) is 2. The van der Waals surface area contributed by atoms with Gasteiger partial charge in [-0.1, -0.05) is 12.1 Å². The van der Waals surface area contributed by atoms with Gasteiger partial charge in [0.1, 0.15) is 0 Å². The predicted octanol–water partition coefficient (Wildman–Crippen LogP) is 4.15. The molecule has 0 fully saturated rings. The van der Waals surface area contributed by atoms with Gasteiger partial charge in [0, 0.05) is 5.69 Å². The molecule has 0 radical (unpaired) electrons. The highest BCUT2D eigenvalue weighted by atomic mass is 32.2. The van der Waals surface area contributed by atoms with E-state index in [1.807, 2.05) is 0 Å². The summed E-state index contributed by atoms with van der Waals surface area (Å²) in [4.78, 5) is 18.6. The zero-order valence-electron chi connectivity index (χ0n) is 15.8. The zero-order valence-corrected chi connectivity index (χ0v) is 17.4. The van der Waals surface area contributed by atoms with Crippen molar-refractivity contribution in [3.8, 4) is 0 Å². The summed E-state index contributed by atoms with van der Waals surface area (Å²) in [5.41, 5.74) is -4.60. The number of rotatable bonds is 6. The highest BCUT2D eigenvalue weighted by Crippen LogP contribution is 2.38. The van der Waals surface area contributed by atoms with Crippen LogP contribution in [0, 0.1) is 6.57 Å². The lowest BCUT2D eigenvalue weighted by atomic mass is 10.1. The number of aliphatic hydroxyl groups is 1. The van der Waals surface area contributed by atoms with E-state index in [-0.39, 0.29) is 16.3 Å². The lowest BCUT2D eigenvalue weighted by Gasteiger charge is -2.22. The first-order chi connectivity index (χ1) is 14.3. The van der Waals surface area contributed by atoms with E-state index in [0.29, 0.717) is 6.07 Å². The SMILES string of the molecule is [C-]#[N+]c1ccc(NC(=O)C(C)(O)CS(=O)(=O)c2cccc(N=C=S)c2)cc1C(F)(F)F. The third-order valence-corrected chi connectivity index (χ3v) is 6.00. The van der Waals surface area contributed by atoms with Gasteiger partial charge in [-0.05, 0) is 49.5 Å². The normalized spacial score (nSPS) is 13.4. The first-order valence-electron chi connectivity index (χ1n) is 8.33. The van der Waals surface area contributed by atoms with Gasteiger partial charge in [-0.3, -0.25) is 4.79 Å². The molecule has 1 unspecified atom stereocenters. The molecular weight excluding hydrogens is 455 g/mol. The summed E-state index contributed by atoms with van der Waals surface area (Å²) in [5, 5.41) is 14.6. The van der Waals surface area contributed by atoms with Crippen LogP contribution in [0.1, 0.15) is 12.5 Å². The van der Waals surface area contributed by atoms with Crippen molar-refractivity contribution in [1.29, 1.82) is 0 Å². The van der Waals surface area contributed by atoms with Crippen LogP contribution in [0.25, 0.3) is 4.85 Å². The van der Waals surface area contributed by atoms with Crippen molar-refractivity contribution in [2.75, 3.05) is 11.1 Å². The van der Waals surface area contributed by atoms with Gasteiger partial charge in [-0.25, -0.2) is 13.3 Å². The highest BCUT2D eigenvalue weighted by molar-refractivity contribution is 7.91. The minimum atomic E-state index is -4.84. The number of carbonyl (C=O) groups is 1. The number of hydrogen-bond acceptors (Lipinski definition) is 6. The number of carbonyl (C=O) groups excluding carboxylic acids is 1. The minimum Gasteiger partial charge on any atom is -0.379 e. The molecule has 0 aliphatic heterocycles. The number of thiocarbonyl (C=S) groups is 1. The van der Waals surface area contributed by atoms with E-state index in [4.69, 9.17) is 6.57 Å². The Hall–Kier alpha value is -3.10. The van der Waals surface area contributed by atoms with Gasteiger partial charge in [0.2, 0.25) is 0 Å². The van der Waals surface area contributed by atoms with Crippen molar-refractivity contribution < 1.29 is 31.5 Å². The topological polar surface area (TPSA) is 100 Å². The summed E-state index contributed by atoms with van der Waals surface area (Å²) in [7, 11) is -4.19. The highest BCUT2D eigenvalue weighted by Gasteiger charge is 2.38. The fourth-order valence-corrected chi connectivity index (χ4v) is 4.25. The zero-order chi connectivity index (χ0) is 23.4. The van der Waals surface area contributed by atoms with Crippen LogP contribution in [-0.2, 0) is 20.8 Å². The van der Waals surface area contributed by atoms with Crippen LogP contribution < -0.4 is 5.32 Å². The van der Waals surface area contributed by atoms with Gasteiger partial charge < -0.3 is 10.4 Å². The molecule has 31 heavy (non-hydrogen) atoms. The van der Waals surface area contributed by atoms with Gasteiger partial charge >= 0.3 is 6.18 Å². The van der Waals surface area contributed by atoms with Gasteiger partial charge in [0.05, 0.1) is 33.6 Å². The molecule has 2 aromatic carbocycles. The molecule has 1 amide bonds. The largest absolute Gasteiger partial charge is 0.407 e. The third kappa shape index (κ3) is 5.96. The second-order valence-corrected chi connectivity index (χ2v) is 8.70. The first kappa shape index (κ1) is 24.2. The number of alkyl halides is 3. The Morgan fingerprint density at radius 3 is 2.55 bits per heavy atom. The van der Waals surface area contributed by atoms with E-state index in [0.717, 1.165) is 19.1 Å². The minimum absolute atomic E-state index is 0.194. The summed E-state index contributed by atoms with van der Waals surface area (Å²) in [5.74, 6) is -2.30. The fraction of sp³-hybridized carbons (Fsp3) is 0.211. The maximum atomic E-state index is 13.1. The lowest BCUT2D eigenvalue weighted by molar-refractivity contribution is -0.137. The van der Waals surface area contributed by atoms with Crippen molar-refractivity contribution in [1.82, 2.24) is 0 Å². The van der Waals surface area contributed by atoms with E-state index in [9.17, 15) is 31.5 Å². The monoisotopic (exact) mass is 469 g/mol. The van der Waals surface area contributed by atoms with Crippen LogP contribution in [0.2, 0.25) is 0 Å². The van der Waals surface area contributed by atoms with Crippen molar-refractivity contribution >= 4 is 50.2 Å². The van der Waals surface area contributed by atoms with Crippen LogP contribution in [0.5, 0.6) is 0 Å². The number of aliphatic imine (C=N–C) groups is 1.